The van der Waals surface area contributed by atoms with Gasteiger partial charge < -0.3 is 14.9 Å². The summed E-state index contributed by atoms with van der Waals surface area (Å²) in [5.74, 6) is 0. The highest BCUT2D eigenvalue weighted by Gasteiger charge is 2.31. The summed E-state index contributed by atoms with van der Waals surface area (Å²) in [7, 11) is 0. The van der Waals surface area contributed by atoms with Gasteiger partial charge in [0.05, 0.1) is 18.8 Å². The Labute approximate surface area is 193 Å². The van der Waals surface area contributed by atoms with Crippen molar-refractivity contribution in [3.63, 3.8) is 0 Å². The molecule has 172 valence electrons. The van der Waals surface area contributed by atoms with Crippen LogP contribution in [0.2, 0.25) is 0 Å². The molecule has 0 amide bonds. The number of ether oxygens (including phenoxy) is 1. The van der Waals surface area contributed by atoms with Gasteiger partial charge in [-0.2, -0.15) is 0 Å². The zero-order valence-electron chi connectivity index (χ0n) is 20.0. The van der Waals surface area contributed by atoms with E-state index in [2.05, 4.69) is 50.2 Å². The van der Waals surface area contributed by atoms with Crippen LogP contribution in [0.15, 0.2) is 60.7 Å². The van der Waals surface area contributed by atoms with Crippen molar-refractivity contribution in [1.29, 1.82) is 0 Å². The Kier molecular flexibility index (Phi) is 8.10. The summed E-state index contributed by atoms with van der Waals surface area (Å²) in [6, 6.07) is 12.9. The third kappa shape index (κ3) is 5.06. The number of aliphatic hydroxyl groups excluding tert-OH is 1. The lowest BCUT2D eigenvalue weighted by molar-refractivity contribution is -0.0558. The van der Waals surface area contributed by atoms with Gasteiger partial charge >= 0.3 is 0 Å². The number of hydrogen-bond acceptors (Lipinski definition) is 3. The average molecular weight is 435 g/mol. The van der Waals surface area contributed by atoms with Crippen molar-refractivity contribution in [1.82, 2.24) is 0 Å². The standard InChI is InChI=1S/C29H38O3/c1-5-13-23-14-9-10-15-25(23)26-19-24(20-32-28(21-30)16-11-8-12-17-28)27(18-22(26)4)29(31,6-2)7-3/h8-12,14-16,18-19,30-31H,5-7,13,17,20-21H2,1-4H3. The van der Waals surface area contributed by atoms with Crippen molar-refractivity contribution in [3.05, 3.63) is 83.0 Å². The van der Waals surface area contributed by atoms with E-state index in [1.807, 2.05) is 38.2 Å². The highest BCUT2D eigenvalue weighted by Crippen LogP contribution is 2.38. The maximum atomic E-state index is 11.4. The topological polar surface area (TPSA) is 49.7 Å². The van der Waals surface area contributed by atoms with Crippen LogP contribution in [0.1, 0.15) is 68.7 Å². The Hall–Kier alpha value is -2.20. The first-order valence-electron chi connectivity index (χ1n) is 12.0. The first-order valence-corrected chi connectivity index (χ1v) is 12.0. The molecule has 1 aliphatic rings. The molecule has 0 heterocycles. The van der Waals surface area contributed by atoms with E-state index < -0.39 is 11.2 Å². The maximum absolute atomic E-state index is 11.4. The molecule has 2 aromatic carbocycles. The summed E-state index contributed by atoms with van der Waals surface area (Å²) in [6.45, 7) is 8.64. The molecule has 32 heavy (non-hydrogen) atoms. The zero-order valence-corrected chi connectivity index (χ0v) is 20.0. The van der Waals surface area contributed by atoms with Crippen molar-refractivity contribution in [2.24, 2.45) is 0 Å². The van der Waals surface area contributed by atoms with E-state index >= 15 is 0 Å². The fourth-order valence-electron chi connectivity index (χ4n) is 4.63. The van der Waals surface area contributed by atoms with E-state index in [4.69, 9.17) is 4.74 Å². The molecule has 3 nitrogen and oxygen atoms in total. The van der Waals surface area contributed by atoms with Crippen molar-refractivity contribution in [3.8, 4) is 11.1 Å². The molecule has 0 spiro atoms. The second kappa shape index (κ2) is 10.6. The van der Waals surface area contributed by atoms with E-state index in [-0.39, 0.29) is 6.61 Å². The van der Waals surface area contributed by atoms with Crippen molar-refractivity contribution < 1.29 is 14.9 Å². The number of aliphatic hydroxyl groups is 2. The average Bonchev–Trinajstić information content (AvgIpc) is 2.84. The Morgan fingerprint density at radius 1 is 1.00 bits per heavy atom. The van der Waals surface area contributed by atoms with Crippen molar-refractivity contribution in [2.75, 3.05) is 6.61 Å². The van der Waals surface area contributed by atoms with Gasteiger partial charge in [-0.1, -0.05) is 81.8 Å². The number of rotatable bonds is 10. The quantitative estimate of drug-likeness (QED) is 0.456. The first kappa shape index (κ1) is 24.4. The number of allylic oxidation sites excluding steroid dienone is 2. The van der Waals surface area contributed by atoms with E-state index in [1.54, 1.807) is 0 Å². The molecule has 0 radical (unpaired) electrons. The summed E-state index contributed by atoms with van der Waals surface area (Å²) in [5.41, 5.74) is 5.22. The van der Waals surface area contributed by atoms with Gasteiger partial charge in [-0.15, -0.1) is 0 Å². The number of benzene rings is 2. The molecular formula is C29H38O3. The van der Waals surface area contributed by atoms with E-state index in [1.165, 1.54) is 16.7 Å². The van der Waals surface area contributed by atoms with Gasteiger partial charge in [0.25, 0.3) is 0 Å². The van der Waals surface area contributed by atoms with Crippen LogP contribution in [-0.2, 0) is 23.4 Å². The monoisotopic (exact) mass is 434 g/mol. The Balaban J connectivity index is 2.09. The van der Waals surface area contributed by atoms with E-state index in [0.717, 1.165) is 29.5 Å². The molecule has 0 fully saturated rings. The summed E-state index contributed by atoms with van der Waals surface area (Å²) in [5, 5.41) is 21.5. The highest BCUT2D eigenvalue weighted by atomic mass is 16.5. The fourth-order valence-corrected chi connectivity index (χ4v) is 4.63. The zero-order chi connectivity index (χ0) is 23.2. The predicted octanol–water partition coefficient (Wildman–Crippen LogP) is 6.39. The lowest BCUT2D eigenvalue weighted by Crippen LogP contribution is -2.35. The van der Waals surface area contributed by atoms with Gasteiger partial charge in [0.1, 0.15) is 5.60 Å². The molecule has 2 N–H and O–H groups in total. The molecule has 1 unspecified atom stereocenters. The molecule has 0 aliphatic heterocycles. The lowest BCUT2D eigenvalue weighted by atomic mass is 9.82. The van der Waals surface area contributed by atoms with Crippen LogP contribution in [0.3, 0.4) is 0 Å². The predicted molar refractivity (Wildman–Crippen MR) is 133 cm³/mol. The first-order chi connectivity index (χ1) is 15.4. The van der Waals surface area contributed by atoms with Gasteiger partial charge in [-0.05, 0) is 65.6 Å². The summed E-state index contributed by atoms with van der Waals surface area (Å²) >= 11 is 0. The van der Waals surface area contributed by atoms with Crippen LogP contribution < -0.4 is 0 Å². The van der Waals surface area contributed by atoms with Gasteiger partial charge in [0.15, 0.2) is 0 Å². The van der Waals surface area contributed by atoms with Gasteiger partial charge in [0.2, 0.25) is 0 Å². The van der Waals surface area contributed by atoms with Crippen molar-refractivity contribution in [2.45, 2.75) is 77.6 Å². The molecule has 1 atom stereocenters. The van der Waals surface area contributed by atoms with Crippen molar-refractivity contribution >= 4 is 0 Å². The van der Waals surface area contributed by atoms with Crippen LogP contribution in [0, 0.1) is 6.92 Å². The van der Waals surface area contributed by atoms with Gasteiger partial charge in [-0.3, -0.25) is 0 Å². The minimum absolute atomic E-state index is 0.0763. The number of aryl methyl sites for hydroxylation is 2. The van der Waals surface area contributed by atoms with Crippen LogP contribution in [0.25, 0.3) is 11.1 Å². The molecular weight excluding hydrogens is 396 g/mol. The van der Waals surface area contributed by atoms with Gasteiger partial charge in [0, 0.05) is 6.42 Å². The van der Waals surface area contributed by atoms with Crippen LogP contribution in [0.4, 0.5) is 0 Å². The second-order valence-corrected chi connectivity index (χ2v) is 8.97. The van der Waals surface area contributed by atoms with E-state index in [9.17, 15) is 10.2 Å². The lowest BCUT2D eigenvalue weighted by Gasteiger charge is -2.33. The second-order valence-electron chi connectivity index (χ2n) is 8.97. The third-order valence-corrected chi connectivity index (χ3v) is 6.84. The minimum atomic E-state index is -0.903. The molecule has 3 rings (SSSR count). The molecule has 2 aromatic rings. The SMILES string of the molecule is CCCc1ccccc1-c1cc(COC2(CO)C=CC=CC2)c(C(O)(CC)CC)cc1C. The Morgan fingerprint density at radius 3 is 2.38 bits per heavy atom. The smallest absolute Gasteiger partial charge is 0.113 e. The highest BCUT2D eigenvalue weighted by molar-refractivity contribution is 5.72. The Morgan fingerprint density at radius 2 is 1.75 bits per heavy atom. The molecule has 0 bridgehead atoms. The molecule has 0 aromatic heterocycles. The normalized spacial score (nSPS) is 18.3. The largest absolute Gasteiger partial charge is 0.393 e. The molecule has 0 saturated heterocycles. The summed E-state index contributed by atoms with van der Waals surface area (Å²) in [4.78, 5) is 0. The summed E-state index contributed by atoms with van der Waals surface area (Å²) in [6.07, 6.45) is 11.9. The third-order valence-electron chi connectivity index (χ3n) is 6.84. The van der Waals surface area contributed by atoms with Gasteiger partial charge in [-0.25, -0.2) is 0 Å². The molecule has 0 saturated carbocycles. The maximum Gasteiger partial charge on any atom is 0.113 e. The molecule has 1 aliphatic carbocycles. The minimum Gasteiger partial charge on any atom is -0.393 e. The van der Waals surface area contributed by atoms with Crippen LogP contribution in [-0.4, -0.2) is 22.4 Å². The van der Waals surface area contributed by atoms with Crippen LogP contribution in [0.5, 0.6) is 0 Å². The summed E-state index contributed by atoms with van der Waals surface area (Å²) < 4.78 is 6.34. The fraction of sp³-hybridized carbons (Fsp3) is 0.448. The Bertz CT molecular complexity index is 968. The van der Waals surface area contributed by atoms with Crippen LogP contribution >= 0.6 is 0 Å². The van der Waals surface area contributed by atoms with E-state index in [0.29, 0.717) is 25.9 Å². The number of hydrogen-bond donors (Lipinski definition) is 2. The molecule has 3 heteroatoms.